The third-order valence-corrected chi connectivity index (χ3v) is 6.41. The topological polar surface area (TPSA) is 49.4 Å². The fraction of sp³-hybridized carbons (Fsp3) is 0.571. The summed E-state index contributed by atoms with van der Waals surface area (Å²) in [5, 5.41) is 3.76. The number of benzene rings is 1. The smallest absolute Gasteiger partial charge is 0.243 e. The number of hydrogen-bond donors (Lipinski definition) is 1. The molecule has 20 heavy (non-hydrogen) atoms. The van der Waals surface area contributed by atoms with Gasteiger partial charge in [0.1, 0.15) is 0 Å². The standard InChI is InChI=1S/C14H21ClN2O2S/c1-3-17(12-7-9-16-10-8-12)20(18,19)14-6-4-5-13(15)11(14)2/h4-6,12,16H,3,7-10H2,1-2H3. The van der Waals surface area contributed by atoms with E-state index in [0.717, 1.165) is 25.9 Å². The first kappa shape index (κ1) is 15.8. The zero-order chi connectivity index (χ0) is 14.8. The van der Waals surface area contributed by atoms with Gasteiger partial charge in [0.2, 0.25) is 10.0 Å². The van der Waals surface area contributed by atoms with E-state index >= 15 is 0 Å². The minimum Gasteiger partial charge on any atom is -0.317 e. The molecule has 6 heteroatoms. The summed E-state index contributed by atoms with van der Waals surface area (Å²) in [5.41, 5.74) is 0.626. The first-order chi connectivity index (χ1) is 9.48. The molecule has 4 nitrogen and oxygen atoms in total. The second-order valence-electron chi connectivity index (χ2n) is 5.05. The number of sulfonamides is 1. The highest BCUT2D eigenvalue weighted by Crippen LogP contribution is 2.28. The molecule has 0 unspecified atom stereocenters. The van der Waals surface area contributed by atoms with Crippen LogP contribution < -0.4 is 5.32 Å². The average molecular weight is 317 g/mol. The Hall–Kier alpha value is -0.620. The molecule has 0 aromatic heterocycles. The van der Waals surface area contributed by atoms with E-state index < -0.39 is 10.0 Å². The van der Waals surface area contributed by atoms with Crippen molar-refractivity contribution in [3.05, 3.63) is 28.8 Å². The Morgan fingerprint density at radius 3 is 2.60 bits per heavy atom. The number of rotatable bonds is 4. The fourth-order valence-corrected chi connectivity index (χ4v) is 4.89. The van der Waals surface area contributed by atoms with Crippen LogP contribution in [0.3, 0.4) is 0 Å². The summed E-state index contributed by atoms with van der Waals surface area (Å²) in [6.45, 7) is 5.86. The van der Waals surface area contributed by atoms with E-state index in [9.17, 15) is 8.42 Å². The van der Waals surface area contributed by atoms with Gasteiger partial charge in [0.05, 0.1) is 4.90 Å². The molecule has 1 aromatic carbocycles. The molecular weight excluding hydrogens is 296 g/mol. The van der Waals surface area contributed by atoms with Crippen LogP contribution in [0.1, 0.15) is 25.3 Å². The second-order valence-corrected chi connectivity index (χ2v) is 7.32. The van der Waals surface area contributed by atoms with Crippen LogP contribution >= 0.6 is 11.6 Å². The van der Waals surface area contributed by atoms with E-state index in [0.29, 0.717) is 22.0 Å². The molecule has 0 spiro atoms. The van der Waals surface area contributed by atoms with Gasteiger partial charge in [-0.2, -0.15) is 4.31 Å². The lowest BCUT2D eigenvalue weighted by Gasteiger charge is -2.33. The molecule has 0 bridgehead atoms. The molecule has 1 aliphatic rings. The highest BCUT2D eigenvalue weighted by atomic mass is 35.5. The van der Waals surface area contributed by atoms with E-state index in [1.54, 1.807) is 29.4 Å². The summed E-state index contributed by atoms with van der Waals surface area (Å²) in [5.74, 6) is 0. The predicted octanol–water partition coefficient (Wildman–Crippen LogP) is 2.41. The molecule has 1 aliphatic heterocycles. The lowest BCUT2D eigenvalue weighted by molar-refractivity contribution is 0.270. The average Bonchev–Trinajstić information content (AvgIpc) is 2.43. The van der Waals surface area contributed by atoms with Crippen molar-refractivity contribution in [1.82, 2.24) is 9.62 Å². The summed E-state index contributed by atoms with van der Waals surface area (Å²) >= 11 is 6.06. The Bertz CT molecular complexity index is 569. The van der Waals surface area contributed by atoms with Gasteiger partial charge in [-0.15, -0.1) is 0 Å². The molecule has 0 atom stereocenters. The lowest BCUT2D eigenvalue weighted by Crippen LogP contribution is -2.46. The van der Waals surface area contributed by atoms with Gasteiger partial charge in [0.25, 0.3) is 0 Å². The molecule has 112 valence electrons. The van der Waals surface area contributed by atoms with Crippen molar-refractivity contribution in [3.8, 4) is 0 Å². The van der Waals surface area contributed by atoms with Gasteiger partial charge in [-0.05, 0) is 50.6 Å². The van der Waals surface area contributed by atoms with Crippen molar-refractivity contribution >= 4 is 21.6 Å². The molecule has 0 aliphatic carbocycles. The quantitative estimate of drug-likeness (QED) is 0.928. The normalized spacial score (nSPS) is 17.6. The third kappa shape index (κ3) is 3.01. The van der Waals surface area contributed by atoms with Crippen LogP contribution in [0.5, 0.6) is 0 Å². The molecule has 0 radical (unpaired) electrons. The summed E-state index contributed by atoms with van der Waals surface area (Å²) in [4.78, 5) is 0.324. The Kier molecular flexibility index (Phi) is 5.07. The van der Waals surface area contributed by atoms with E-state index in [1.165, 1.54) is 0 Å². The van der Waals surface area contributed by atoms with Crippen molar-refractivity contribution in [2.75, 3.05) is 19.6 Å². The Balaban J connectivity index is 2.38. The zero-order valence-electron chi connectivity index (χ0n) is 11.9. The maximum absolute atomic E-state index is 12.9. The summed E-state index contributed by atoms with van der Waals surface area (Å²) in [7, 11) is -3.48. The van der Waals surface area contributed by atoms with Gasteiger partial charge >= 0.3 is 0 Å². The number of halogens is 1. The number of nitrogens with one attached hydrogen (secondary N) is 1. The maximum Gasteiger partial charge on any atom is 0.243 e. The van der Waals surface area contributed by atoms with Gasteiger partial charge in [0, 0.05) is 17.6 Å². The molecule has 1 aromatic rings. The van der Waals surface area contributed by atoms with Gasteiger partial charge in [-0.25, -0.2) is 8.42 Å². The number of hydrogen-bond acceptors (Lipinski definition) is 3. The van der Waals surface area contributed by atoms with Crippen molar-refractivity contribution in [1.29, 1.82) is 0 Å². The lowest BCUT2D eigenvalue weighted by atomic mass is 10.1. The summed E-state index contributed by atoms with van der Waals surface area (Å²) < 4.78 is 27.4. The van der Waals surface area contributed by atoms with Crippen LogP contribution in [-0.4, -0.2) is 38.4 Å². The zero-order valence-corrected chi connectivity index (χ0v) is 13.5. The van der Waals surface area contributed by atoms with Gasteiger partial charge in [0.15, 0.2) is 0 Å². The Morgan fingerprint density at radius 2 is 2.00 bits per heavy atom. The molecular formula is C14H21ClN2O2S. The summed E-state index contributed by atoms with van der Waals surface area (Å²) in [6.07, 6.45) is 1.71. The Morgan fingerprint density at radius 1 is 1.35 bits per heavy atom. The minimum absolute atomic E-state index is 0.0737. The molecule has 1 N–H and O–H groups in total. The first-order valence-electron chi connectivity index (χ1n) is 6.96. The molecule has 2 rings (SSSR count). The van der Waals surface area contributed by atoms with E-state index in [2.05, 4.69) is 5.32 Å². The van der Waals surface area contributed by atoms with Gasteiger partial charge in [-0.1, -0.05) is 24.6 Å². The number of piperidine rings is 1. The predicted molar refractivity (Wildman–Crippen MR) is 81.6 cm³/mol. The van der Waals surface area contributed by atoms with Crippen molar-refractivity contribution < 1.29 is 8.42 Å². The van der Waals surface area contributed by atoms with Crippen molar-refractivity contribution in [2.45, 2.75) is 37.6 Å². The minimum atomic E-state index is -3.48. The maximum atomic E-state index is 12.9. The van der Waals surface area contributed by atoms with Crippen LogP contribution in [0.4, 0.5) is 0 Å². The first-order valence-corrected chi connectivity index (χ1v) is 8.78. The molecule has 1 heterocycles. The highest BCUT2D eigenvalue weighted by Gasteiger charge is 2.32. The Labute approximate surface area is 126 Å². The van der Waals surface area contributed by atoms with Crippen molar-refractivity contribution in [2.24, 2.45) is 0 Å². The van der Waals surface area contributed by atoms with Crippen LogP contribution in [0, 0.1) is 6.92 Å². The fourth-order valence-electron chi connectivity index (χ4n) is 2.71. The van der Waals surface area contributed by atoms with Crippen molar-refractivity contribution in [3.63, 3.8) is 0 Å². The van der Waals surface area contributed by atoms with E-state index in [4.69, 9.17) is 11.6 Å². The number of nitrogens with zero attached hydrogens (tertiary/aromatic N) is 1. The molecule has 0 saturated carbocycles. The van der Waals surface area contributed by atoms with Crippen LogP contribution in [0.25, 0.3) is 0 Å². The van der Waals surface area contributed by atoms with E-state index in [1.807, 2.05) is 6.92 Å². The van der Waals surface area contributed by atoms with Gasteiger partial charge in [-0.3, -0.25) is 0 Å². The van der Waals surface area contributed by atoms with Crippen LogP contribution in [0.15, 0.2) is 23.1 Å². The molecule has 0 amide bonds. The molecule has 1 saturated heterocycles. The largest absolute Gasteiger partial charge is 0.317 e. The van der Waals surface area contributed by atoms with Gasteiger partial charge < -0.3 is 5.32 Å². The summed E-state index contributed by atoms with van der Waals surface area (Å²) in [6, 6.07) is 5.12. The molecule has 1 fully saturated rings. The third-order valence-electron chi connectivity index (χ3n) is 3.83. The second kappa shape index (κ2) is 6.43. The van der Waals surface area contributed by atoms with Crippen LogP contribution in [0.2, 0.25) is 5.02 Å². The van der Waals surface area contributed by atoms with Crippen LogP contribution in [-0.2, 0) is 10.0 Å². The SMILES string of the molecule is CCN(C1CCNCC1)S(=O)(=O)c1cccc(Cl)c1C. The highest BCUT2D eigenvalue weighted by molar-refractivity contribution is 7.89. The monoisotopic (exact) mass is 316 g/mol. The van der Waals surface area contributed by atoms with E-state index in [-0.39, 0.29) is 6.04 Å².